The SMILES string of the molecule is CCC(NS(=O)(=O)c1cnn2cc(C)cnc12)c1ccc(OC)cc1. The van der Waals surface area contributed by atoms with Gasteiger partial charge in [-0.1, -0.05) is 19.1 Å². The minimum atomic E-state index is -3.76. The fourth-order valence-electron chi connectivity index (χ4n) is 2.61. The molecule has 1 unspecified atom stereocenters. The first-order valence-electron chi connectivity index (χ1n) is 7.91. The van der Waals surface area contributed by atoms with Crippen LogP contribution in [0.4, 0.5) is 0 Å². The van der Waals surface area contributed by atoms with Gasteiger partial charge in [-0.2, -0.15) is 5.10 Å². The standard InChI is InChI=1S/C17H20N4O3S/c1-4-15(13-5-7-14(24-3)8-6-13)20-25(22,23)16-10-19-21-11-12(2)9-18-17(16)21/h5-11,15,20H,4H2,1-3H3. The molecule has 0 saturated carbocycles. The fourth-order valence-corrected chi connectivity index (χ4v) is 3.99. The van der Waals surface area contributed by atoms with Crippen LogP contribution in [0.1, 0.15) is 30.5 Å². The summed E-state index contributed by atoms with van der Waals surface area (Å²) in [4.78, 5) is 4.27. The highest BCUT2D eigenvalue weighted by atomic mass is 32.2. The van der Waals surface area contributed by atoms with Crippen LogP contribution in [0.25, 0.3) is 5.65 Å². The first-order chi connectivity index (χ1) is 11.9. The van der Waals surface area contributed by atoms with Crippen LogP contribution in [0.3, 0.4) is 0 Å². The molecule has 1 aromatic carbocycles. The lowest BCUT2D eigenvalue weighted by Crippen LogP contribution is -2.28. The molecule has 3 rings (SSSR count). The number of hydrogen-bond donors (Lipinski definition) is 1. The van der Waals surface area contributed by atoms with E-state index in [0.717, 1.165) is 16.9 Å². The molecule has 0 fully saturated rings. The first kappa shape index (κ1) is 17.4. The van der Waals surface area contributed by atoms with E-state index in [4.69, 9.17) is 4.74 Å². The zero-order chi connectivity index (χ0) is 18.0. The number of methoxy groups -OCH3 is 1. The summed E-state index contributed by atoms with van der Waals surface area (Å²) in [7, 11) is -2.17. The van der Waals surface area contributed by atoms with Crippen LogP contribution in [-0.2, 0) is 10.0 Å². The average Bonchev–Trinajstić information content (AvgIpc) is 3.03. The van der Waals surface area contributed by atoms with E-state index in [0.29, 0.717) is 12.1 Å². The van der Waals surface area contributed by atoms with Gasteiger partial charge in [-0.25, -0.2) is 22.6 Å². The van der Waals surface area contributed by atoms with E-state index in [1.165, 1.54) is 10.7 Å². The maximum absolute atomic E-state index is 12.8. The van der Waals surface area contributed by atoms with Crippen molar-refractivity contribution in [3.63, 3.8) is 0 Å². The zero-order valence-corrected chi connectivity index (χ0v) is 15.1. The predicted octanol–water partition coefficient (Wildman–Crippen LogP) is 2.48. The molecule has 2 heterocycles. The molecule has 8 heteroatoms. The highest BCUT2D eigenvalue weighted by Gasteiger charge is 2.24. The largest absolute Gasteiger partial charge is 0.497 e. The summed E-state index contributed by atoms with van der Waals surface area (Å²) in [6.45, 7) is 3.80. The van der Waals surface area contributed by atoms with Crippen molar-refractivity contribution in [1.29, 1.82) is 0 Å². The predicted molar refractivity (Wildman–Crippen MR) is 94.1 cm³/mol. The third-order valence-electron chi connectivity index (χ3n) is 3.97. The van der Waals surface area contributed by atoms with Crippen molar-refractivity contribution in [3.8, 4) is 5.75 Å². The van der Waals surface area contributed by atoms with Crippen LogP contribution in [0, 0.1) is 6.92 Å². The lowest BCUT2D eigenvalue weighted by atomic mass is 10.1. The van der Waals surface area contributed by atoms with Gasteiger partial charge in [0.15, 0.2) is 5.65 Å². The van der Waals surface area contributed by atoms with E-state index in [1.54, 1.807) is 19.5 Å². The van der Waals surface area contributed by atoms with Crippen molar-refractivity contribution < 1.29 is 13.2 Å². The number of sulfonamides is 1. The third-order valence-corrected chi connectivity index (χ3v) is 5.43. The van der Waals surface area contributed by atoms with Gasteiger partial charge in [0.2, 0.25) is 10.0 Å². The maximum Gasteiger partial charge on any atom is 0.246 e. The fraction of sp³-hybridized carbons (Fsp3) is 0.294. The Bertz CT molecular complexity index is 981. The van der Waals surface area contributed by atoms with Crippen LogP contribution < -0.4 is 9.46 Å². The number of aromatic nitrogens is 3. The van der Waals surface area contributed by atoms with E-state index >= 15 is 0 Å². The summed E-state index contributed by atoms with van der Waals surface area (Å²) >= 11 is 0. The molecule has 1 N–H and O–H groups in total. The van der Waals surface area contributed by atoms with Crippen LogP contribution in [0.5, 0.6) is 5.75 Å². The van der Waals surface area contributed by atoms with Gasteiger partial charge in [0.05, 0.1) is 13.3 Å². The molecule has 1 atom stereocenters. The van der Waals surface area contributed by atoms with E-state index in [2.05, 4.69) is 14.8 Å². The minimum absolute atomic E-state index is 0.0689. The molecule has 0 aliphatic rings. The summed E-state index contributed by atoms with van der Waals surface area (Å²) in [6.07, 6.45) is 5.29. The molecule has 0 aliphatic carbocycles. The van der Waals surface area contributed by atoms with Crippen molar-refractivity contribution >= 4 is 15.7 Å². The van der Waals surface area contributed by atoms with Gasteiger partial charge < -0.3 is 4.74 Å². The van der Waals surface area contributed by atoms with E-state index < -0.39 is 10.0 Å². The molecule has 2 aromatic heterocycles. The van der Waals surface area contributed by atoms with Crippen LogP contribution in [0.2, 0.25) is 0 Å². The number of ether oxygens (including phenoxy) is 1. The molecular weight excluding hydrogens is 340 g/mol. The average molecular weight is 360 g/mol. The van der Waals surface area contributed by atoms with Gasteiger partial charge in [0.1, 0.15) is 10.6 Å². The molecule has 0 bridgehead atoms. The molecule has 0 aliphatic heterocycles. The van der Waals surface area contributed by atoms with Gasteiger partial charge in [-0.15, -0.1) is 0 Å². The molecule has 3 aromatic rings. The Morgan fingerprint density at radius 3 is 2.60 bits per heavy atom. The lowest BCUT2D eigenvalue weighted by Gasteiger charge is -2.17. The molecule has 0 amide bonds. The van der Waals surface area contributed by atoms with E-state index in [9.17, 15) is 8.42 Å². The Balaban J connectivity index is 1.92. The number of benzene rings is 1. The van der Waals surface area contributed by atoms with Crippen LogP contribution in [-0.4, -0.2) is 30.1 Å². The third kappa shape index (κ3) is 3.49. The number of hydrogen-bond acceptors (Lipinski definition) is 5. The van der Waals surface area contributed by atoms with E-state index in [1.807, 2.05) is 38.1 Å². The van der Waals surface area contributed by atoms with Crippen LogP contribution >= 0.6 is 0 Å². The number of nitrogens with one attached hydrogen (secondary N) is 1. The Labute approximate surface area is 146 Å². The monoisotopic (exact) mass is 360 g/mol. The Hall–Kier alpha value is -2.45. The van der Waals surface area contributed by atoms with Gasteiger partial charge in [-0.05, 0) is 36.6 Å². The Kier molecular flexibility index (Phi) is 4.73. The van der Waals surface area contributed by atoms with Crippen molar-refractivity contribution in [1.82, 2.24) is 19.3 Å². The number of aryl methyl sites for hydroxylation is 1. The van der Waals surface area contributed by atoms with Gasteiger partial charge in [-0.3, -0.25) is 0 Å². The number of fused-ring (bicyclic) bond motifs is 1. The molecule has 0 spiro atoms. The summed E-state index contributed by atoms with van der Waals surface area (Å²) in [6, 6.07) is 6.98. The second kappa shape index (κ2) is 6.81. The van der Waals surface area contributed by atoms with E-state index in [-0.39, 0.29) is 10.9 Å². The topological polar surface area (TPSA) is 85.6 Å². The number of nitrogens with zero attached hydrogens (tertiary/aromatic N) is 3. The molecule has 132 valence electrons. The summed E-state index contributed by atoms with van der Waals surface area (Å²) in [5.41, 5.74) is 2.08. The van der Waals surface area contributed by atoms with Crippen molar-refractivity contribution in [2.45, 2.75) is 31.2 Å². The molecule has 7 nitrogen and oxygen atoms in total. The maximum atomic E-state index is 12.8. The summed E-state index contributed by atoms with van der Waals surface area (Å²) in [5.74, 6) is 0.726. The quantitative estimate of drug-likeness (QED) is 0.730. The summed E-state index contributed by atoms with van der Waals surface area (Å²) < 4.78 is 35.0. The Morgan fingerprint density at radius 1 is 1.24 bits per heavy atom. The van der Waals surface area contributed by atoms with Crippen molar-refractivity contribution in [2.75, 3.05) is 7.11 Å². The highest BCUT2D eigenvalue weighted by Crippen LogP contribution is 2.23. The van der Waals surface area contributed by atoms with Crippen molar-refractivity contribution in [2.24, 2.45) is 0 Å². The van der Waals surface area contributed by atoms with Gasteiger partial charge in [0.25, 0.3) is 0 Å². The smallest absolute Gasteiger partial charge is 0.246 e. The summed E-state index contributed by atoms with van der Waals surface area (Å²) in [5, 5.41) is 4.09. The highest BCUT2D eigenvalue weighted by molar-refractivity contribution is 7.89. The lowest BCUT2D eigenvalue weighted by molar-refractivity contribution is 0.414. The minimum Gasteiger partial charge on any atom is -0.497 e. The molecule has 0 radical (unpaired) electrons. The van der Waals surface area contributed by atoms with Crippen LogP contribution in [0.15, 0.2) is 47.8 Å². The molecule has 0 saturated heterocycles. The second-order valence-corrected chi connectivity index (χ2v) is 7.45. The second-order valence-electron chi connectivity index (χ2n) is 5.76. The van der Waals surface area contributed by atoms with Gasteiger partial charge in [0, 0.05) is 18.4 Å². The zero-order valence-electron chi connectivity index (χ0n) is 14.3. The van der Waals surface area contributed by atoms with Crippen molar-refractivity contribution in [3.05, 3.63) is 54.0 Å². The normalized spacial score (nSPS) is 13.1. The number of rotatable bonds is 6. The Morgan fingerprint density at radius 2 is 1.96 bits per heavy atom. The molecule has 25 heavy (non-hydrogen) atoms. The first-order valence-corrected chi connectivity index (χ1v) is 9.39. The molecular formula is C17H20N4O3S. The van der Waals surface area contributed by atoms with Gasteiger partial charge >= 0.3 is 0 Å².